The van der Waals surface area contributed by atoms with Gasteiger partial charge in [-0.05, 0) is 58.2 Å². The number of likely N-dealkylation sites (N-methyl/N-ethyl adjacent to an activating group) is 1. The van der Waals surface area contributed by atoms with Crippen LogP contribution >= 0.6 is 0 Å². The van der Waals surface area contributed by atoms with Crippen molar-refractivity contribution in [2.75, 3.05) is 61.4 Å². The summed E-state index contributed by atoms with van der Waals surface area (Å²) in [6.07, 6.45) is 0. The Morgan fingerprint density at radius 3 is 2.32 bits per heavy atom. The van der Waals surface area contributed by atoms with E-state index in [2.05, 4.69) is 50.9 Å². The second-order valence-electron chi connectivity index (χ2n) is 7.16. The first kappa shape index (κ1) is 20.1. The van der Waals surface area contributed by atoms with Gasteiger partial charge in [-0.2, -0.15) is 0 Å². The van der Waals surface area contributed by atoms with Gasteiger partial charge >= 0.3 is 0 Å². The van der Waals surface area contributed by atoms with E-state index in [1.165, 1.54) is 0 Å². The zero-order valence-corrected chi connectivity index (χ0v) is 17.3. The summed E-state index contributed by atoms with van der Waals surface area (Å²) in [4.78, 5) is 28.5. The molecular weight excluding hydrogens is 352 g/mol. The minimum atomic E-state index is -0.212. The molecule has 1 aromatic heterocycles. The quantitative estimate of drug-likeness (QED) is 0.829. The monoisotopic (exact) mass is 382 g/mol. The summed E-state index contributed by atoms with van der Waals surface area (Å²) in [5.41, 5.74) is 3.11. The molecule has 0 bridgehead atoms. The van der Waals surface area contributed by atoms with Crippen molar-refractivity contribution in [1.82, 2.24) is 14.9 Å². The van der Waals surface area contributed by atoms with E-state index in [0.29, 0.717) is 11.6 Å². The number of aryl methyl sites for hydroxylation is 1. The molecule has 0 unspecified atom stereocenters. The van der Waals surface area contributed by atoms with Gasteiger partial charge in [-0.1, -0.05) is 0 Å². The average Bonchev–Trinajstić information content (AvgIpc) is 2.70. The van der Waals surface area contributed by atoms with Crippen molar-refractivity contribution < 1.29 is 4.79 Å². The number of amides is 1. The minimum Gasteiger partial charge on any atom is -0.372 e. The Kier molecular flexibility index (Phi) is 6.46. The van der Waals surface area contributed by atoms with Gasteiger partial charge in [0.15, 0.2) is 0 Å². The van der Waals surface area contributed by atoms with Gasteiger partial charge in [0.25, 0.3) is 5.91 Å². The Morgan fingerprint density at radius 1 is 1.07 bits per heavy atom. The number of rotatable bonds is 6. The highest BCUT2D eigenvalue weighted by atomic mass is 16.1. The van der Waals surface area contributed by atoms with Crippen LogP contribution in [0.3, 0.4) is 0 Å². The molecule has 1 N–H and O–H groups in total. The van der Waals surface area contributed by atoms with Gasteiger partial charge < -0.3 is 20.0 Å². The van der Waals surface area contributed by atoms with Crippen LogP contribution in [-0.2, 0) is 0 Å². The highest BCUT2D eigenvalue weighted by Gasteiger charge is 2.19. The van der Waals surface area contributed by atoms with Gasteiger partial charge in [-0.25, -0.2) is 9.97 Å². The van der Waals surface area contributed by atoms with Crippen LogP contribution in [0.4, 0.5) is 17.3 Å². The van der Waals surface area contributed by atoms with E-state index >= 15 is 0 Å². The Labute approximate surface area is 167 Å². The van der Waals surface area contributed by atoms with Crippen molar-refractivity contribution in [2.45, 2.75) is 20.8 Å². The summed E-state index contributed by atoms with van der Waals surface area (Å²) in [7, 11) is 2.11. The first-order chi connectivity index (χ1) is 13.5. The van der Waals surface area contributed by atoms with Crippen molar-refractivity contribution in [2.24, 2.45) is 0 Å². The number of carbonyl (C=O) groups is 1. The van der Waals surface area contributed by atoms with Gasteiger partial charge in [0.1, 0.15) is 5.69 Å². The summed E-state index contributed by atoms with van der Waals surface area (Å²) in [6.45, 7) is 11.8. The summed E-state index contributed by atoms with van der Waals surface area (Å²) >= 11 is 0. The lowest BCUT2D eigenvalue weighted by Gasteiger charge is -2.32. The number of carbonyl (C=O) groups excluding carboxylic acids is 1. The predicted octanol–water partition coefficient (Wildman–Crippen LogP) is 2.64. The number of nitrogens with zero attached hydrogens (tertiary/aromatic N) is 5. The lowest BCUT2D eigenvalue weighted by atomic mass is 10.2. The first-order valence-corrected chi connectivity index (χ1v) is 9.95. The van der Waals surface area contributed by atoms with Crippen molar-refractivity contribution in [3.05, 3.63) is 41.7 Å². The van der Waals surface area contributed by atoms with Gasteiger partial charge in [0.2, 0.25) is 5.95 Å². The van der Waals surface area contributed by atoms with Crippen LogP contribution < -0.4 is 15.1 Å². The third-order valence-corrected chi connectivity index (χ3v) is 5.11. The number of hydrogen-bond acceptors (Lipinski definition) is 6. The lowest BCUT2D eigenvalue weighted by Crippen LogP contribution is -2.45. The van der Waals surface area contributed by atoms with Crippen LogP contribution in [0.1, 0.15) is 30.0 Å². The summed E-state index contributed by atoms with van der Waals surface area (Å²) in [6, 6.07) is 9.66. The third-order valence-electron chi connectivity index (χ3n) is 5.11. The number of anilines is 3. The maximum atomic E-state index is 12.7. The molecule has 7 heteroatoms. The van der Waals surface area contributed by atoms with Crippen LogP contribution in [-0.4, -0.2) is 67.1 Å². The second kappa shape index (κ2) is 9.01. The second-order valence-corrected chi connectivity index (χ2v) is 7.16. The van der Waals surface area contributed by atoms with Crippen molar-refractivity contribution in [3.8, 4) is 0 Å². The topological polar surface area (TPSA) is 64.6 Å². The first-order valence-electron chi connectivity index (χ1n) is 9.95. The van der Waals surface area contributed by atoms with E-state index < -0.39 is 0 Å². The molecule has 0 radical (unpaired) electrons. The molecule has 1 aliphatic heterocycles. The van der Waals surface area contributed by atoms with Crippen molar-refractivity contribution in [3.63, 3.8) is 0 Å². The van der Waals surface area contributed by atoms with Crippen LogP contribution in [0.15, 0.2) is 30.3 Å². The molecule has 1 aromatic carbocycles. The molecule has 0 aliphatic carbocycles. The van der Waals surface area contributed by atoms with E-state index in [9.17, 15) is 4.79 Å². The standard InChI is InChI=1S/C21H30N6O/c1-5-26(6-2)18-9-7-17(8-10-18)23-20(28)19-15-16(3)22-21(24-19)27-13-11-25(4)12-14-27/h7-10,15H,5-6,11-14H2,1-4H3,(H,23,28). The van der Waals surface area contributed by atoms with Crippen molar-refractivity contribution >= 4 is 23.2 Å². The summed E-state index contributed by atoms with van der Waals surface area (Å²) in [5, 5.41) is 2.95. The number of aromatic nitrogens is 2. The number of benzene rings is 1. The molecule has 0 spiro atoms. The molecule has 1 saturated heterocycles. The van der Waals surface area contributed by atoms with E-state index in [0.717, 1.165) is 56.3 Å². The number of piperazine rings is 1. The smallest absolute Gasteiger partial charge is 0.274 e. The van der Waals surface area contributed by atoms with Gasteiger partial charge in [0, 0.05) is 56.3 Å². The fourth-order valence-electron chi connectivity index (χ4n) is 3.36. The molecule has 7 nitrogen and oxygen atoms in total. The average molecular weight is 383 g/mol. The molecule has 0 saturated carbocycles. The molecule has 1 fully saturated rings. The fourth-order valence-corrected chi connectivity index (χ4v) is 3.36. The van der Waals surface area contributed by atoms with Crippen LogP contribution in [0.5, 0.6) is 0 Å². The molecule has 150 valence electrons. The molecule has 2 aromatic rings. The number of hydrogen-bond donors (Lipinski definition) is 1. The maximum absolute atomic E-state index is 12.7. The summed E-state index contributed by atoms with van der Waals surface area (Å²) < 4.78 is 0. The Morgan fingerprint density at radius 2 is 1.71 bits per heavy atom. The molecule has 3 rings (SSSR count). The van der Waals surface area contributed by atoms with Crippen LogP contribution in [0, 0.1) is 6.92 Å². The van der Waals surface area contributed by atoms with Crippen LogP contribution in [0.25, 0.3) is 0 Å². The van der Waals surface area contributed by atoms with E-state index in [1.807, 2.05) is 31.2 Å². The SMILES string of the molecule is CCN(CC)c1ccc(NC(=O)c2cc(C)nc(N3CCN(C)CC3)n2)cc1. The largest absolute Gasteiger partial charge is 0.372 e. The third kappa shape index (κ3) is 4.78. The lowest BCUT2D eigenvalue weighted by molar-refractivity contribution is 0.102. The van der Waals surface area contributed by atoms with Crippen LogP contribution in [0.2, 0.25) is 0 Å². The molecule has 1 aliphatic rings. The molecule has 28 heavy (non-hydrogen) atoms. The molecule has 2 heterocycles. The van der Waals surface area contributed by atoms with E-state index in [-0.39, 0.29) is 5.91 Å². The van der Waals surface area contributed by atoms with Gasteiger partial charge in [-0.15, -0.1) is 0 Å². The highest BCUT2D eigenvalue weighted by molar-refractivity contribution is 6.03. The molecule has 0 atom stereocenters. The van der Waals surface area contributed by atoms with Gasteiger partial charge in [-0.3, -0.25) is 4.79 Å². The molecular formula is C21H30N6O. The zero-order valence-electron chi connectivity index (χ0n) is 17.3. The number of nitrogens with one attached hydrogen (secondary N) is 1. The minimum absolute atomic E-state index is 0.212. The Hall–Kier alpha value is -2.67. The normalized spacial score (nSPS) is 14.8. The maximum Gasteiger partial charge on any atom is 0.274 e. The molecule has 1 amide bonds. The zero-order chi connectivity index (χ0) is 20.1. The predicted molar refractivity (Wildman–Crippen MR) is 114 cm³/mol. The Balaban J connectivity index is 1.72. The van der Waals surface area contributed by atoms with E-state index in [4.69, 9.17) is 0 Å². The van der Waals surface area contributed by atoms with Crippen molar-refractivity contribution in [1.29, 1.82) is 0 Å². The van der Waals surface area contributed by atoms with Gasteiger partial charge in [0.05, 0.1) is 0 Å². The van der Waals surface area contributed by atoms with E-state index in [1.54, 1.807) is 6.07 Å². The highest BCUT2D eigenvalue weighted by Crippen LogP contribution is 2.19. The summed E-state index contributed by atoms with van der Waals surface area (Å²) in [5.74, 6) is 0.423. The fraction of sp³-hybridized carbons (Fsp3) is 0.476. The Bertz CT molecular complexity index is 795.